The number of carbonyl (C=O) groups excluding carboxylic acids is 2. The minimum Gasteiger partial charge on any atom is -0.423 e. The van der Waals surface area contributed by atoms with Gasteiger partial charge in [-0.15, -0.1) is 10.1 Å². The monoisotopic (exact) mass is 518 g/mol. The number of hydrogen-bond donors (Lipinski definition) is 0. The highest BCUT2D eigenvalue weighted by Crippen LogP contribution is 2.19. The number of thiocarbonyl (C=S) groups is 1. The van der Waals surface area contributed by atoms with E-state index in [1.165, 1.54) is 6.08 Å². The molecule has 3 aromatic rings. The van der Waals surface area contributed by atoms with Crippen LogP contribution >= 0.6 is 12.2 Å². The first-order chi connectivity index (χ1) is 17.9. The van der Waals surface area contributed by atoms with E-state index in [0.717, 1.165) is 5.56 Å². The average Bonchev–Trinajstić information content (AvgIpc) is 2.89. The Hall–Kier alpha value is -4.66. The van der Waals surface area contributed by atoms with Gasteiger partial charge in [0, 0.05) is 6.08 Å². The summed E-state index contributed by atoms with van der Waals surface area (Å²) < 4.78 is 10.6. The number of ether oxygens (including phenoxy) is 2. The van der Waals surface area contributed by atoms with Crippen molar-refractivity contribution in [2.75, 3.05) is 0 Å². The highest BCUT2D eigenvalue weighted by atomic mass is 32.1. The smallest absolute Gasteiger partial charge is 0.343 e. The molecule has 37 heavy (non-hydrogen) atoms. The highest BCUT2D eigenvalue weighted by molar-refractivity contribution is 7.78. The van der Waals surface area contributed by atoms with Gasteiger partial charge in [-0.2, -0.15) is 4.99 Å². The van der Waals surface area contributed by atoms with Gasteiger partial charge in [0.2, 0.25) is 0 Å². The van der Waals surface area contributed by atoms with E-state index in [9.17, 15) is 19.7 Å². The SMILES string of the molecule is CCC(Cc1ccc(C(=O)Oc2ccc(/C=C/C(=O)Oc3ccc(N=C=S)cc3)cc2)cc1)O[N+](=O)[O-]. The zero-order chi connectivity index (χ0) is 26.6. The quantitative estimate of drug-likeness (QED) is 0.0596. The number of benzene rings is 3. The van der Waals surface area contributed by atoms with Crippen molar-refractivity contribution in [3.63, 3.8) is 0 Å². The fourth-order valence-electron chi connectivity index (χ4n) is 3.19. The Morgan fingerprint density at radius 1 is 1.00 bits per heavy atom. The second kappa shape index (κ2) is 13.4. The highest BCUT2D eigenvalue weighted by Gasteiger charge is 2.13. The van der Waals surface area contributed by atoms with Gasteiger partial charge < -0.3 is 14.3 Å². The molecule has 0 heterocycles. The van der Waals surface area contributed by atoms with E-state index >= 15 is 0 Å². The van der Waals surface area contributed by atoms with Gasteiger partial charge in [-0.25, -0.2) is 9.59 Å². The summed E-state index contributed by atoms with van der Waals surface area (Å²) in [6.45, 7) is 1.80. The lowest BCUT2D eigenvalue weighted by atomic mass is 10.0. The zero-order valence-corrected chi connectivity index (χ0v) is 20.6. The van der Waals surface area contributed by atoms with Crippen LogP contribution in [0.4, 0.5) is 5.69 Å². The van der Waals surface area contributed by atoms with Gasteiger partial charge in [-0.1, -0.05) is 31.2 Å². The Balaban J connectivity index is 1.52. The standard InChI is InChI=1S/C27H22N2O7S/c1-2-23(36-29(32)33)17-20-3-8-21(9-4-20)27(31)35-25-12-5-19(6-13-25)7-16-26(30)34-24-14-10-22(11-15-24)28-18-37/h3-16,23H,2,17H2,1H3/b16-7+. The minimum atomic E-state index is -0.799. The van der Waals surface area contributed by atoms with Crippen LogP contribution in [0.25, 0.3) is 6.08 Å². The second-order valence-corrected chi connectivity index (χ2v) is 7.85. The first-order valence-electron chi connectivity index (χ1n) is 11.2. The molecular weight excluding hydrogens is 496 g/mol. The lowest BCUT2D eigenvalue weighted by molar-refractivity contribution is -0.768. The number of hydrogen-bond acceptors (Lipinski definition) is 9. The summed E-state index contributed by atoms with van der Waals surface area (Å²) in [7, 11) is 0. The van der Waals surface area contributed by atoms with E-state index in [1.807, 2.05) is 0 Å². The van der Waals surface area contributed by atoms with Gasteiger partial charge in [-0.3, -0.25) is 0 Å². The van der Waals surface area contributed by atoms with Gasteiger partial charge in [0.15, 0.2) is 0 Å². The summed E-state index contributed by atoms with van der Waals surface area (Å²) in [5, 5.41) is 12.0. The van der Waals surface area contributed by atoms with Crippen LogP contribution in [0, 0.1) is 10.1 Å². The van der Waals surface area contributed by atoms with Crippen molar-refractivity contribution in [2.45, 2.75) is 25.9 Å². The number of esters is 2. The van der Waals surface area contributed by atoms with E-state index in [4.69, 9.17) is 9.47 Å². The van der Waals surface area contributed by atoms with Gasteiger partial charge in [0.25, 0.3) is 5.09 Å². The van der Waals surface area contributed by atoms with Crippen molar-refractivity contribution in [3.8, 4) is 11.5 Å². The van der Waals surface area contributed by atoms with Crippen molar-refractivity contribution in [2.24, 2.45) is 4.99 Å². The molecule has 0 saturated heterocycles. The van der Waals surface area contributed by atoms with Crippen LogP contribution in [0.1, 0.15) is 34.8 Å². The molecule has 0 amide bonds. The molecule has 3 aromatic carbocycles. The predicted molar refractivity (Wildman–Crippen MR) is 140 cm³/mol. The fraction of sp³-hybridized carbons (Fsp3) is 0.148. The molecule has 0 bridgehead atoms. The third kappa shape index (κ3) is 8.81. The Bertz CT molecular complexity index is 1310. The van der Waals surface area contributed by atoms with Crippen LogP contribution in [-0.4, -0.2) is 28.3 Å². The van der Waals surface area contributed by atoms with Crippen LogP contribution in [-0.2, 0) is 16.1 Å². The predicted octanol–water partition coefficient (Wildman–Crippen LogP) is 5.79. The molecule has 1 atom stereocenters. The lowest BCUT2D eigenvalue weighted by Gasteiger charge is -2.12. The first kappa shape index (κ1) is 26.9. The summed E-state index contributed by atoms with van der Waals surface area (Å²) in [5.41, 5.74) is 2.45. The molecule has 0 fully saturated rings. The molecule has 0 aliphatic heterocycles. The largest absolute Gasteiger partial charge is 0.423 e. The molecule has 0 N–H and O–H groups in total. The molecule has 0 radical (unpaired) electrons. The molecule has 0 aromatic heterocycles. The molecule has 10 heteroatoms. The van der Waals surface area contributed by atoms with Crippen molar-refractivity contribution >= 4 is 41.1 Å². The van der Waals surface area contributed by atoms with Crippen molar-refractivity contribution in [1.29, 1.82) is 0 Å². The number of aliphatic imine (C=N–C) groups is 1. The molecular formula is C27H22N2O7S. The summed E-state index contributed by atoms with van der Waals surface area (Å²) in [5.74, 6) is -0.406. The van der Waals surface area contributed by atoms with Crippen molar-refractivity contribution in [3.05, 3.63) is 106 Å². The minimum absolute atomic E-state index is 0.332. The van der Waals surface area contributed by atoms with E-state index in [2.05, 4.69) is 27.2 Å². The summed E-state index contributed by atoms with van der Waals surface area (Å²) in [6, 6.07) is 19.7. The zero-order valence-electron chi connectivity index (χ0n) is 19.7. The molecule has 188 valence electrons. The summed E-state index contributed by atoms with van der Waals surface area (Å²) >= 11 is 4.54. The molecule has 1 unspecified atom stereocenters. The van der Waals surface area contributed by atoms with Crippen LogP contribution < -0.4 is 9.47 Å². The topological polar surface area (TPSA) is 117 Å². The van der Waals surface area contributed by atoms with E-state index < -0.39 is 23.1 Å². The van der Waals surface area contributed by atoms with Crippen LogP contribution in [0.3, 0.4) is 0 Å². The number of rotatable bonds is 11. The van der Waals surface area contributed by atoms with Gasteiger partial charge in [-0.05, 0) is 90.8 Å². The Morgan fingerprint density at radius 3 is 2.22 bits per heavy atom. The summed E-state index contributed by atoms with van der Waals surface area (Å²) in [6.07, 6.45) is 3.14. The molecule has 0 aliphatic rings. The maximum absolute atomic E-state index is 12.5. The molecule has 3 rings (SSSR count). The van der Waals surface area contributed by atoms with Crippen LogP contribution in [0.5, 0.6) is 11.5 Å². The van der Waals surface area contributed by atoms with Gasteiger partial charge in [0.05, 0.1) is 16.4 Å². The fourth-order valence-corrected chi connectivity index (χ4v) is 3.29. The maximum Gasteiger partial charge on any atom is 0.343 e. The Labute approximate surface area is 218 Å². The number of isothiocyanates is 1. The maximum atomic E-state index is 12.5. The van der Waals surface area contributed by atoms with Crippen LogP contribution in [0.2, 0.25) is 0 Å². The van der Waals surface area contributed by atoms with Gasteiger partial charge in [0.1, 0.15) is 17.6 Å². The van der Waals surface area contributed by atoms with E-state index in [1.54, 1.807) is 85.8 Å². The van der Waals surface area contributed by atoms with Crippen molar-refractivity contribution < 1.29 is 29.0 Å². The number of carbonyl (C=O) groups is 2. The molecule has 0 spiro atoms. The Morgan fingerprint density at radius 2 is 1.62 bits per heavy atom. The molecule has 0 saturated carbocycles. The van der Waals surface area contributed by atoms with Crippen LogP contribution in [0.15, 0.2) is 83.9 Å². The third-order valence-corrected chi connectivity index (χ3v) is 5.17. The van der Waals surface area contributed by atoms with E-state index in [-0.39, 0.29) is 0 Å². The molecule has 0 aliphatic carbocycles. The summed E-state index contributed by atoms with van der Waals surface area (Å²) in [4.78, 5) is 43.5. The van der Waals surface area contributed by atoms with Crippen molar-refractivity contribution in [1.82, 2.24) is 0 Å². The number of nitrogens with zero attached hydrogens (tertiary/aromatic N) is 2. The average molecular weight is 519 g/mol. The Kier molecular flexibility index (Phi) is 9.78. The van der Waals surface area contributed by atoms with Gasteiger partial charge >= 0.3 is 11.9 Å². The first-order valence-corrected chi connectivity index (χ1v) is 11.6. The third-order valence-electron chi connectivity index (χ3n) is 5.08. The van der Waals surface area contributed by atoms with E-state index in [0.29, 0.717) is 41.2 Å². The second-order valence-electron chi connectivity index (χ2n) is 7.67. The molecule has 9 nitrogen and oxygen atoms in total. The lowest BCUT2D eigenvalue weighted by Crippen LogP contribution is -2.19. The normalized spacial score (nSPS) is 11.3.